The van der Waals surface area contributed by atoms with Crippen LogP contribution < -0.4 is 23.8 Å². The minimum atomic E-state index is -3.61. The second-order valence-electron chi connectivity index (χ2n) is 8.14. The van der Waals surface area contributed by atoms with Gasteiger partial charge in [-0.2, -0.15) is 0 Å². The Morgan fingerprint density at radius 1 is 1.11 bits per heavy atom. The Hall–Kier alpha value is -3.47. The summed E-state index contributed by atoms with van der Waals surface area (Å²) in [6.07, 6.45) is 1.44. The molecule has 0 aliphatic carbocycles. The third-order valence-electron chi connectivity index (χ3n) is 5.72. The minimum absolute atomic E-state index is 0.0636. The van der Waals surface area contributed by atoms with Crippen LogP contribution in [-0.4, -0.2) is 64.9 Å². The van der Waals surface area contributed by atoms with Gasteiger partial charge in [0.25, 0.3) is 0 Å². The normalized spacial score (nSPS) is 13.1. The van der Waals surface area contributed by atoms with Crippen molar-refractivity contribution < 1.29 is 32.2 Å². The third kappa shape index (κ3) is 6.56. The van der Waals surface area contributed by atoms with E-state index in [4.69, 9.17) is 14.2 Å². The van der Waals surface area contributed by atoms with Gasteiger partial charge in [0, 0.05) is 32.6 Å². The number of benzene rings is 2. The number of hydrogen-bond donors (Lipinski definition) is 1. The Kier molecular flexibility index (Phi) is 8.44. The Morgan fingerprint density at radius 2 is 1.80 bits per heavy atom. The monoisotopic (exact) mass is 505 g/mol. The molecular weight excluding hydrogens is 474 g/mol. The molecule has 1 aliphatic heterocycles. The minimum Gasteiger partial charge on any atom is -0.497 e. The van der Waals surface area contributed by atoms with Crippen molar-refractivity contribution in [3.8, 4) is 17.2 Å². The van der Waals surface area contributed by atoms with Gasteiger partial charge in [0.2, 0.25) is 28.6 Å². The highest BCUT2D eigenvalue weighted by atomic mass is 32.2. The number of carbonyl (C=O) groups is 2. The Balaban J connectivity index is 1.71. The van der Waals surface area contributed by atoms with Crippen LogP contribution in [0.5, 0.6) is 17.2 Å². The highest BCUT2D eigenvalue weighted by Gasteiger charge is 2.26. The average Bonchev–Trinajstić information content (AvgIpc) is 3.31. The van der Waals surface area contributed by atoms with Gasteiger partial charge in [-0.05, 0) is 43.2 Å². The van der Waals surface area contributed by atoms with Crippen LogP contribution >= 0.6 is 0 Å². The summed E-state index contributed by atoms with van der Waals surface area (Å²) in [4.78, 5) is 27.0. The van der Waals surface area contributed by atoms with Gasteiger partial charge in [0.05, 0.1) is 19.1 Å². The van der Waals surface area contributed by atoms with Gasteiger partial charge in [0.15, 0.2) is 11.5 Å². The smallest absolute Gasteiger partial charge is 0.242 e. The molecule has 190 valence electrons. The van der Waals surface area contributed by atoms with Gasteiger partial charge >= 0.3 is 0 Å². The lowest BCUT2D eigenvalue weighted by molar-refractivity contribution is -0.140. The van der Waals surface area contributed by atoms with E-state index in [-0.39, 0.29) is 44.5 Å². The molecule has 0 fully saturated rings. The van der Waals surface area contributed by atoms with Crippen LogP contribution in [-0.2, 0) is 26.2 Å². The van der Waals surface area contributed by atoms with E-state index in [1.54, 1.807) is 44.4 Å². The maximum atomic E-state index is 13.2. The van der Waals surface area contributed by atoms with Crippen molar-refractivity contribution in [3.05, 3.63) is 48.0 Å². The molecule has 1 N–H and O–H groups in total. The third-order valence-corrected chi connectivity index (χ3v) is 6.92. The zero-order valence-corrected chi connectivity index (χ0v) is 21.1. The number of anilines is 1. The predicted molar refractivity (Wildman–Crippen MR) is 131 cm³/mol. The van der Waals surface area contributed by atoms with Gasteiger partial charge in [-0.3, -0.25) is 13.9 Å². The fourth-order valence-electron chi connectivity index (χ4n) is 3.76. The number of rotatable bonds is 11. The molecule has 1 aliphatic rings. The lowest BCUT2D eigenvalue weighted by Gasteiger charge is -2.29. The van der Waals surface area contributed by atoms with Crippen LogP contribution in [0, 0.1) is 0 Å². The molecule has 1 atom stereocenters. The second-order valence-corrected chi connectivity index (χ2v) is 10.0. The van der Waals surface area contributed by atoms with Crippen molar-refractivity contribution in [1.82, 2.24) is 10.2 Å². The molecule has 0 spiro atoms. The van der Waals surface area contributed by atoms with Gasteiger partial charge in [-0.1, -0.05) is 12.1 Å². The summed E-state index contributed by atoms with van der Waals surface area (Å²) < 4.78 is 42.0. The molecule has 1 heterocycles. The number of fused-ring (bicyclic) bond motifs is 1. The van der Waals surface area contributed by atoms with Crippen LogP contribution in [0.2, 0.25) is 0 Å². The van der Waals surface area contributed by atoms with Crippen molar-refractivity contribution in [2.24, 2.45) is 0 Å². The number of sulfonamides is 1. The quantitative estimate of drug-likeness (QED) is 0.498. The first kappa shape index (κ1) is 26.1. The number of amides is 2. The van der Waals surface area contributed by atoms with E-state index in [1.807, 2.05) is 12.1 Å². The zero-order valence-electron chi connectivity index (χ0n) is 20.3. The Labute approximate surface area is 205 Å². The molecule has 0 unspecified atom stereocenters. The standard InChI is InChI=1S/C24H31N3O7S/c1-17(24(29)25-2)26(15-18-7-10-20(32-3)11-8-18)23(28)6-5-13-27(35(4,30)31)19-9-12-21-22(14-19)34-16-33-21/h7-12,14,17H,5-6,13,15-16H2,1-4H3,(H,25,29)/t17-/m0/s1. The summed E-state index contributed by atoms with van der Waals surface area (Å²) in [6, 6.07) is 11.4. The fraction of sp³-hybridized carbons (Fsp3) is 0.417. The number of hydrogen-bond acceptors (Lipinski definition) is 7. The summed E-state index contributed by atoms with van der Waals surface area (Å²) in [5.74, 6) is 1.17. The molecule has 0 saturated heterocycles. The second kappa shape index (κ2) is 11.3. The van der Waals surface area contributed by atoms with Crippen molar-refractivity contribution in [1.29, 1.82) is 0 Å². The molecule has 3 rings (SSSR count). The molecule has 35 heavy (non-hydrogen) atoms. The van der Waals surface area contributed by atoms with Crippen molar-refractivity contribution in [2.75, 3.05) is 38.1 Å². The summed E-state index contributed by atoms with van der Waals surface area (Å²) in [7, 11) is -0.517. The SMILES string of the molecule is CNC(=O)[C@H](C)N(Cc1ccc(OC)cc1)C(=O)CCCN(c1ccc2c(c1)OCO2)S(C)(=O)=O. The van der Waals surface area contributed by atoms with Crippen molar-refractivity contribution in [2.45, 2.75) is 32.4 Å². The van der Waals surface area contributed by atoms with E-state index in [1.165, 1.54) is 16.3 Å². The summed E-state index contributed by atoms with van der Waals surface area (Å²) in [5.41, 5.74) is 1.27. The number of methoxy groups -OCH3 is 1. The first-order valence-electron chi connectivity index (χ1n) is 11.2. The largest absolute Gasteiger partial charge is 0.497 e. The van der Waals surface area contributed by atoms with Crippen LogP contribution in [0.3, 0.4) is 0 Å². The summed E-state index contributed by atoms with van der Waals surface area (Å²) in [6.45, 7) is 2.07. The molecule has 10 nitrogen and oxygen atoms in total. The lowest BCUT2D eigenvalue weighted by atomic mass is 10.1. The molecule has 2 aromatic rings. The van der Waals surface area contributed by atoms with Gasteiger partial charge in [-0.25, -0.2) is 8.42 Å². The van der Waals surface area contributed by atoms with Gasteiger partial charge < -0.3 is 24.4 Å². The predicted octanol–water partition coefficient (Wildman–Crippen LogP) is 2.13. The van der Waals surface area contributed by atoms with E-state index >= 15 is 0 Å². The number of nitrogens with one attached hydrogen (secondary N) is 1. The lowest BCUT2D eigenvalue weighted by Crippen LogP contribution is -2.46. The topological polar surface area (TPSA) is 114 Å². The van der Waals surface area contributed by atoms with Gasteiger partial charge in [0.1, 0.15) is 11.8 Å². The van der Waals surface area contributed by atoms with E-state index < -0.39 is 16.1 Å². The molecule has 0 radical (unpaired) electrons. The van der Waals surface area contributed by atoms with Crippen LogP contribution in [0.25, 0.3) is 0 Å². The number of carbonyl (C=O) groups excluding carboxylic acids is 2. The molecule has 2 aromatic carbocycles. The highest BCUT2D eigenvalue weighted by molar-refractivity contribution is 7.92. The molecule has 0 saturated carbocycles. The summed E-state index contributed by atoms with van der Waals surface area (Å²) >= 11 is 0. The number of ether oxygens (including phenoxy) is 3. The summed E-state index contributed by atoms with van der Waals surface area (Å²) in [5, 5.41) is 2.58. The maximum Gasteiger partial charge on any atom is 0.242 e. The van der Waals surface area contributed by atoms with Crippen LogP contribution in [0.4, 0.5) is 5.69 Å². The number of likely N-dealkylation sites (N-methyl/N-ethyl adjacent to an activating group) is 1. The van der Waals surface area contributed by atoms with E-state index in [2.05, 4.69) is 5.32 Å². The Morgan fingerprint density at radius 3 is 2.43 bits per heavy atom. The van der Waals surface area contributed by atoms with E-state index in [0.29, 0.717) is 22.9 Å². The molecular formula is C24H31N3O7S. The molecule has 11 heteroatoms. The van der Waals surface area contributed by atoms with Crippen molar-refractivity contribution in [3.63, 3.8) is 0 Å². The van der Waals surface area contributed by atoms with Gasteiger partial charge in [-0.15, -0.1) is 0 Å². The van der Waals surface area contributed by atoms with E-state index in [0.717, 1.165) is 11.8 Å². The van der Waals surface area contributed by atoms with E-state index in [9.17, 15) is 18.0 Å². The van der Waals surface area contributed by atoms with Crippen LogP contribution in [0.15, 0.2) is 42.5 Å². The van der Waals surface area contributed by atoms with Crippen molar-refractivity contribution >= 4 is 27.5 Å². The maximum absolute atomic E-state index is 13.2. The molecule has 0 bridgehead atoms. The number of nitrogens with zero attached hydrogens (tertiary/aromatic N) is 2. The molecule has 0 aromatic heterocycles. The average molecular weight is 506 g/mol. The first-order valence-corrected chi connectivity index (χ1v) is 13.0. The zero-order chi connectivity index (χ0) is 25.6. The Bertz CT molecular complexity index is 1150. The molecule has 2 amide bonds. The van der Waals surface area contributed by atoms with Crippen LogP contribution in [0.1, 0.15) is 25.3 Å². The first-order chi connectivity index (χ1) is 16.6. The fourth-order valence-corrected chi connectivity index (χ4v) is 4.72. The highest BCUT2D eigenvalue weighted by Crippen LogP contribution is 2.36.